The number of carbonyl (C=O) groups is 2. The van der Waals surface area contributed by atoms with Crippen LogP contribution in [-0.4, -0.2) is 237 Å². The minimum Gasteiger partial charge on any atom is -0.469 e. The fraction of sp³-hybridized carbons (Fsp3) is 0.437. The van der Waals surface area contributed by atoms with E-state index in [9.17, 15) is 122 Å². The third-order valence-corrected chi connectivity index (χ3v) is 22.3. The summed E-state index contributed by atoms with van der Waals surface area (Å²) in [4.78, 5) is 173. The van der Waals surface area contributed by atoms with Gasteiger partial charge in [-0.1, -0.05) is 125 Å². The molecule has 6 aromatic heterocycles. The molecule has 656 valence electrons. The van der Waals surface area contributed by atoms with Crippen LogP contribution in [0.1, 0.15) is 78.9 Å². The lowest BCUT2D eigenvalue weighted by molar-refractivity contribution is -0.192. The number of alkyl halides is 6. The Bertz CT molecular complexity index is 5600. The topological polar surface area (TPSA) is 639 Å². The predicted octanol–water partition coefficient (Wildman–Crippen LogP) is -4.07. The highest BCUT2D eigenvalue weighted by atomic mass is 127. The maximum atomic E-state index is 15.1. The zero-order chi connectivity index (χ0) is 89.2. The Morgan fingerprint density at radius 2 is 0.793 bits per heavy atom. The van der Waals surface area contributed by atoms with Crippen LogP contribution in [0.4, 0.5) is 13.2 Å². The average Bonchev–Trinajstić information content (AvgIpc) is 1.62. The Labute approximate surface area is 713 Å². The van der Waals surface area contributed by atoms with E-state index in [1.807, 2.05) is 65.1 Å². The van der Waals surface area contributed by atoms with Crippen LogP contribution in [0.15, 0.2) is 204 Å². The summed E-state index contributed by atoms with van der Waals surface area (Å²) in [5.41, 5.74) is -9.34. The maximum Gasteiger partial charge on any atom is 0.338 e. The van der Waals surface area contributed by atoms with Gasteiger partial charge in [0.25, 0.3) is 33.4 Å². The molecule has 8 aromatic rings. The Kier molecular flexibility index (Phi) is 31.6. The third kappa shape index (κ3) is 21.4. The van der Waals surface area contributed by atoms with Gasteiger partial charge in [-0.2, -0.15) is 0 Å². The average molecular weight is 2050 g/mol. The molecule has 0 bridgehead atoms. The largest absolute Gasteiger partial charge is 0.469 e. The molecular formula is C71H78F3I3N12O32. The first-order valence-corrected chi connectivity index (χ1v) is 40.2. The third-order valence-electron chi connectivity index (χ3n) is 19.4. The molecule has 50 heteroatoms. The number of nitrogens with one attached hydrogen (secondary N) is 6. The lowest BCUT2D eigenvalue weighted by atomic mass is 9.96. The molecule has 121 heavy (non-hydrogen) atoms. The molecule has 0 unspecified atom stereocenters. The summed E-state index contributed by atoms with van der Waals surface area (Å²) in [5.74, 6) is -10.3. The van der Waals surface area contributed by atoms with Crippen LogP contribution >= 0.6 is 67.8 Å². The number of hydrogen-bond acceptors (Lipinski definition) is 32. The number of halogens is 6. The lowest BCUT2D eigenvalue weighted by Crippen LogP contribution is -2.46. The van der Waals surface area contributed by atoms with Crippen LogP contribution in [0.3, 0.4) is 0 Å². The van der Waals surface area contributed by atoms with E-state index in [2.05, 4.69) is 16.5 Å². The van der Waals surface area contributed by atoms with Crippen LogP contribution in [0, 0.1) is 11.8 Å². The van der Waals surface area contributed by atoms with Crippen LogP contribution in [0.5, 0.6) is 0 Å². The van der Waals surface area contributed by atoms with Crippen molar-refractivity contribution in [2.24, 2.45) is 11.8 Å². The van der Waals surface area contributed by atoms with E-state index in [-0.39, 0.29) is 20.2 Å². The standard InChI is InChI=1S/C17H16FIN2O5.C17H17FN2O6.C10H14N2O6.C9H10FIN2O5.C9H11IN2O5.C9H10N2O5/c1-10-13(25-15(23)11-5-3-2-4-6-11)14(26-17(10,18)9-19)21-8-7-12(22)20-16(21)24;1-10-13(25-15(23)11-5-3-2-4-6-11)14(26-17(10,18)9-21)20-8-7-12(22)19-16(20)24;1-10(17)7(15)5(4-13)18-8(10)12-3-2-6(14)11-9(12)16;10-9(3-11)6(16)5(15)7(18-9)13-2-1-4(14)12-8(13)17;10-3-4-6(14)7(15)8(17-4)12-2-1-5(13)11-9(12)16;1-4-6(13)7(14)8(16-4)11-3-2-5(12)10-9(11)15/h2-8,10,13-14H,9H2,1H3,(H,20,22,24);2-8,10,13-14,21H,9H2,1H3,(H,19,22,24);2-3,5,7-8,13,15,17H,4H2,1H3,(H,11,14,16);1-2,5-7,15-16H,3H2,(H,12,14,17);1-2,4,6-8,14-15H,3H2,(H,11,13,16);2-3,6-8,13-14H,1H2,(H,10,12,15)/t2*10-,13+,14+,17+;5-,7-,8-,10-;5-,6+,7-,9-;4-,6-,7-,8-;6-,7-,8-/m001111/s1. The summed E-state index contributed by atoms with van der Waals surface area (Å²) in [7, 11) is 0. The normalized spacial score (nSPS) is 31.2. The first kappa shape index (κ1) is 95.2. The number of nitrogens with zero attached hydrogens (tertiary/aromatic N) is 6. The number of ether oxygens (including phenoxy) is 8. The molecule has 0 aliphatic carbocycles. The molecule has 14 rings (SSSR count). The van der Waals surface area contributed by atoms with E-state index in [1.54, 1.807) is 78.0 Å². The molecule has 0 saturated carbocycles. The first-order chi connectivity index (χ1) is 57.0. The Morgan fingerprint density at radius 3 is 1.12 bits per heavy atom. The van der Waals surface area contributed by atoms with Crippen molar-refractivity contribution in [3.8, 4) is 0 Å². The molecule has 2 aromatic carbocycles. The molecular weight excluding hydrogens is 1970 g/mol. The van der Waals surface area contributed by atoms with E-state index >= 15 is 4.39 Å². The van der Waals surface area contributed by atoms with Gasteiger partial charge in [0, 0.05) is 78.0 Å². The van der Waals surface area contributed by atoms with Gasteiger partial charge in [0.15, 0.2) is 43.3 Å². The number of esters is 2. The fourth-order valence-electron chi connectivity index (χ4n) is 12.5. The second-order valence-electron chi connectivity index (χ2n) is 27.4. The minimum atomic E-state index is -2.51. The van der Waals surface area contributed by atoms with Crippen LogP contribution < -0.4 is 67.5 Å². The molecule has 0 radical (unpaired) electrons. The summed E-state index contributed by atoms with van der Waals surface area (Å²) in [6, 6.07) is 22.9. The molecule has 6 aliphatic heterocycles. The van der Waals surface area contributed by atoms with E-state index in [4.69, 9.17) is 43.0 Å². The molecule has 12 heterocycles. The number of carbonyl (C=O) groups excluding carboxylic acids is 2. The predicted molar refractivity (Wildman–Crippen MR) is 430 cm³/mol. The number of hydrogen-bond donors (Lipinski definition) is 16. The quantitative estimate of drug-likeness (QED) is 0.0264. The number of benzene rings is 2. The van der Waals surface area contributed by atoms with Crippen molar-refractivity contribution in [1.29, 1.82) is 0 Å². The van der Waals surface area contributed by atoms with Gasteiger partial charge in [-0.25, -0.2) is 51.5 Å². The second-order valence-corrected chi connectivity index (χ2v) is 29.8. The van der Waals surface area contributed by atoms with Gasteiger partial charge in [0.05, 0.1) is 44.5 Å². The Hall–Kier alpha value is -9.62. The molecule has 16 N–H and O–H groups in total. The van der Waals surface area contributed by atoms with Crippen molar-refractivity contribution in [2.45, 2.75) is 148 Å². The number of rotatable bonds is 15. The van der Waals surface area contributed by atoms with Gasteiger partial charge < -0.3 is 89.0 Å². The van der Waals surface area contributed by atoms with E-state index in [0.29, 0.717) is 9.99 Å². The minimum absolute atomic E-state index is 0.0140. The van der Waals surface area contributed by atoms with Gasteiger partial charge in [0.1, 0.15) is 66.8 Å². The number of aliphatic hydroxyl groups is 10. The highest BCUT2D eigenvalue weighted by Crippen LogP contribution is 2.47. The van der Waals surface area contributed by atoms with Gasteiger partial charge in [-0.3, -0.25) is 86.1 Å². The molecule has 6 aliphatic rings. The van der Waals surface area contributed by atoms with Gasteiger partial charge in [0.2, 0.25) is 23.8 Å². The number of aromatic amines is 6. The summed E-state index contributed by atoms with van der Waals surface area (Å²) in [6.07, 6.45) is -13.5. The molecule has 0 spiro atoms. The van der Waals surface area contributed by atoms with E-state index < -0.39 is 232 Å². The summed E-state index contributed by atoms with van der Waals surface area (Å²) in [6.45, 7) is 6.15. The molecule has 0 amide bonds. The Balaban J connectivity index is 0.000000167. The smallest absolute Gasteiger partial charge is 0.338 e. The maximum absolute atomic E-state index is 15.1. The van der Waals surface area contributed by atoms with Gasteiger partial charge in [-0.15, -0.1) is 0 Å². The SMILES string of the molecule is C=C1O[C@@H](n2ccc(=O)[nH]c2=O)[C@H](O)[C@@H]1O.C[C@@]1(O)[C@H](O)[C@@H](CO)O[C@H]1n1ccc(=O)[nH]c1=O.C[C@H]1[C@@H](OC(=O)c2ccccc2)[C@H](n2ccc(=O)[nH]c2=O)O[C@]1(F)CI.C[C@H]1[C@@H](OC(=O)c2ccccc2)[C@H](n2ccc(=O)[nH]c2=O)O[C@]1(F)CO.O=c1ccn([C@@H]2O[C@H](CI)[C@@H](O)[C@H]2O)c(=O)[nH]1.O=c1ccn([C@@H]2O[C@](F)(CI)[C@@H](O)[C@H]2O)c(=O)[nH]1. The summed E-state index contributed by atoms with van der Waals surface area (Å²) >= 11 is 5.51. The van der Waals surface area contributed by atoms with Gasteiger partial charge >= 0.3 is 46.1 Å². The van der Waals surface area contributed by atoms with Crippen molar-refractivity contribution in [2.75, 3.05) is 26.5 Å². The highest BCUT2D eigenvalue weighted by molar-refractivity contribution is 14.1. The highest BCUT2D eigenvalue weighted by Gasteiger charge is 2.59. The number of aliphatic hydroxyl groups excluding tert-OH is 9. The van der Waals surface area contributed by atoms with Crippen molar-refractivity contribution < 1.29 is 112 Å². The first-order valence-electron chi connectivity index (χ1n) is 35.6. The van der Waals surface area contributed by atoms with Crippen LogP contribution in [-0.2, 0) is 37.9 Å². The molecule has 6 saturated heterocycles. The Morgan fingerprint density at radius 1 is 0.446 bits per heavy atom. The molecule has 23 atom stereocenters. The van der Waals surface area contributed by atoms with Crippen molar-refractivity contribution in [3.05, 3.63) is 283 Å². The van der Waals surface area contributed by atoms with Crippen molar-refractivity contribution in [1.82, 2.24) is 57.3 Å². The zero-order valence-electron chi connectivity index (χ0n) is 62.8. The fourth-order valence-corrected chi connectivity index (χ4v) is 14.8. The second kappa shape index (κ2) is 40.1. The number of H-pyrrole nitrogens is 6. The number of aromatic nitrogens is 12. The summed E-state index contributed by atoms with van der Waals surface area (Å²) in [5, 5.41) is 95.9. The van der Waals surface area contributed by atoms with Crippen LogP contribution in [0.2, 0.25) is 0 Å². The van der Waals surface area contributed by atoms with Crippen molar-refractivity contribution in [3.63, 3.8) is 0 Å². The lowest BCUT2D eigenvalue weighted by Gasteiger charge is -2.27. The van der Waals surface area contributed by atoms with E-state index in [1.165, 1.54) is 44.6 Å². The van der Waals surface area contributed by atoms with Crippen molar-refractivity contribution >= 4 is 79.7 Å². The molecule has 6 fully saturated rings. The summed E-state index contributed by atoms with van der Waals surface area (Å²) < 4.78 is 92.0. The monoisotopic (exact) mass is 2050 g/mol. The molecule has 44 nitrogen and oxygen atoms in total. The van der Waals surface area contributed by atoms with E-state index in [0.717, 1.165) is 82.4 Å². The zero-order valence-corrected chi connectivity index (χ0v) is 69.3. The van der Waals surface area contributed by atoms with Gasteiger partial charge in [-0.05, 0) is 31.2 Å². The van der Waals surface area contributed by atoms with Crippen LogP contribution in [0.25, 0.3) is 0 Å².